The van der Waals surface area contributed by atoms with Gasteiger partial charge in [-0.25, -0.2) is 0 Å². The molecule has 2 aromatic rings. The number of hydrogen-bond donors (Lipinski definition) is 1. The Morgan fingerprint density at radius 2 is 2.04 bits per heavy atom. The highest BCUT2D eigenvalue weighted by molar-refractivity contribution is 6.01. The lowest BCUT2D eigenvalue weighted by Crippen LogP contribution is -2.51. The highest BCUT2D eigenvalue weighted by Crippen LogP contribution is 2.20. The molecule has 0 aliphatic carbocycles. The van der Waals surface area contributed by atoms with Crippen LogP contribution < -0.4 is 10.1 Å². The SMILES string of the molecule is CCOc1ccc(NC(=O)C2Cn3cccc3C(=O)N2C)cc1. The van der Waals surface area contributed by atoms with E-state index in [4.69, 9.17) is 4.74 Å². The van der Waals surface area contributed by atoms with Crippen molar-refractivity contribution in [2.45, 2.75) is 19.5 Å². The normalized spacial score (nSPS) is 16.9. The van der Waals surface area contributed by atoms with E-state index in [0.717, 1.165) is 5.75 Å². The molecule has 1 aliphatic heterocycles. The summed E-state index contributed by atoms with van der Waals surface area (Å²) in [6.45, 7) is 2.97. The van der Waals surface area contributed by atoms with E-state index in [9.17, 15) is 9.59 Å². The Morgan fingerprint density at radius 1 is 1.30 bits per heavy atom. The molecule has 0 radical (unpaired) electrons. The minimum absolute atomic E-state index is 0.145. The molecule has 1 atom stereocenters. The Bertz CT molecular complexity index is 721. The van der Waals surface area contributed by atoms with E-state index in [1.165, 1.54) is 4.90 Å². The number of rotatable bonds is 4. The fourth-order valence-electron chi connectivity index (χ4n) is 2.68. The molecule has 120 valence electrons. The van der Waals surface area contributed by atoms with Gasteiger partial charge in [-0.05, 0) is 43.3 Å². The molecule has 1 aromatic carbocycles. The van der Waals surface area contributed by atoms with Crippen LogP contribution in [-0.4, -0.2) is 41.0 Å². The maximum atomic E-state index is 12.5. The molecule has 2 heterocycles. The second-order valence-electron chi connectivity index (χ2n) is 5.42. The summed E-state index contributed by atoms with van der Waals surface area (Å²) in [5.41, 5.74) is 1.29. The van der Waals surface area contributed by atoms with E-state index in [1.807, 2.05) is 23.8 Å². The summed E-state index contributed by atoms with van der Waals surface area (Å²) in [6, 6.07) is 10.2. The Hall–Kier alpha value is -2.76. The summed E-state index contributed by atoms with van der Waals surface area (Å²) in [7, 11) is 1.65. The number of carbonyl (C=O) groups is 2. The first kappa shape index (κ1) is 15.1. The molecular formula is C17H19N3O3. The molecule has 23 heavy (non-hydrogen) atoms. The molecule has 0 fully saturated rings. The average molecular weight is 313 g/mol. The van der Waals surface area contributed by atoms with Crippen molar-refractivity contribution in [1.82, 2.24) is 9.47 Å². The van der Waals surface area contributed by atoms with Gasteiger partial charge in [0.15, 0.2) is 0 Å². The van der Waals surface area contributed by atoms with Crippen molar-refractivity contribution in [1.29, 1.82) is 0 Å². The minimum atomic E-state index is -0.533. The Labute approximate surface area is 134 Å². The number of benzene rings is 1. The second kappa shape index (κ2) is 6.16. The molecule has 0 saturated carbocycles. The van der Waals surface area contributed by atoms with Crippen molar-refractivity contribution in [2.24, 2.45) is 0 Å². The van der Waals surface area contributed by atoms with Gasteiger partial charge in [0.1, 0.15) is 17.5 Å². The lowest BCUT2D eigenvalue weighted by molar-refractivity contribution is -0.120. The Balaban J connectivity index is 1.72. The predicted molar refractivity (Wildman–Crippen MR) is 86.6 cm³/mol. The van der Waals surface area contributed by atoms with Crippen molar-refractivity contribution in [3.63, 3.8) is 0 Å². The smallest absolute Gasteiger partial charge is 0.270 e. The van der Waals surface area contributed by atoms with Gasteiger partial charge in [-0.2, -0.15) is 0 Å². The van der Waals surface area contributed by atoms with Crippen molar-refractivity contribution in [3.8, 4) is 5.75 Å². The molecule has 1 aliphatic rings. The van der Waals surface area contributed by atoms with Crippen LogP contribution in [0.15, 0.2) is 42.6 Å². The maximum absolute atomic E-state index is 12.5. The zero-order valence-corrected chi connectivity index (χ0v) is 13.2. The highest BCUT2D eigenvalue weighted by Gasteiger charge is 2.33. The second-order valence-corrected chi connectivity index (χ2v) is 5.42. The van der Waals surface area contributed by atoms with Crippen LogP contribution in [0.25, 0.3) is 0 Å². The standard InChI is InChI=1S/C17H19N3O3/c1-3-23-13-8-6-12(7-9-13)18-16(21)15-11-20-10-4-5-14(20)17(22)19(15)2/h4-10,15H,3,11H2,1-2H3,(H,18,21). The number of nitrogens with zero attached hydrogens (tertiary/aromatic N) is 2. The quantitative estimate of drug-likeness (QED) is 0.939. The first-order valence-electron chi connectivity index (χ1n) is 7.56. The highest BCUT2D eigenvalue weighted by atomic mass is 16.5. The van der Waals surface area contributed by atoms with Gasteiger partial charge in [-0.15, -0.1) is 0 Å². The van der Waals surface area contributed by atoms with Gasteiger partial charge in [0, 0.05) is 18.9 Å². The summed E-state index contributed by atoms with van der Waals surface area (Å²) >= 11 is 0. The number of anilines is 1. The van der Waals surface area contributed by atoms with Gasteiger partial charge >= 0.3 is 0 Å². The van der Waals surface area contributed by atoms with Crippen molar-refractivity contribution in [2.75, 3.05) is 19.0 Å². The number of likely N-dealkylation sites (N-methyl/N-ethyl adjacent to an activating group) is 1. The van der Waals surface area contributed by atoms with Gasteiger partial charge < -0.3 is 19.5 Å². The number of nitrogens with one attached hydrogen (secondary N) is 1. The van der Waals surface area contributed by atoms with E-state index >= 15 is 0 Å². The van der Waals surface area contributed by atoms with Crippen molar-refractivity contribution < 1.29 is 14.3 Å². The number of ether oxygens (including phenoxy) is 1. The number of hydrogen-bond acceptors (Lipinski definition) is 3. The van der Waals surface area contributed by atoms with Crippen LogP contribution >= 0.6 is 0 Å². The topological polar surface area (TPSA) is 63.6 Å². The number of aromatic nitrogens is 1. The van der Waals surface area contributed by atoms with Crippen LogP contribution in [-0.2, 0) is 11.3 Å². The molecule has 2 amide bonds. The zero-order valence-electron chi connectivity index (χ0n) is 13.2. The molecule has 0 bridgehead atoms. The average Bonchev–Trinajstić information content (AvgIpc) is 3.01. The molecule has 1 unspecified atom stereocenters. The summed E-state index contributed by atoms with van der Waals surface area (Å²) in [5.74, 6) is 0.407. The van der Waals surface area contributed by atoms with E-state index in [0.29, 0.717) is 24.5 Å². The number of carbonyl (C=O) groups excluding carboxylic acids is 2. The molecule has 1 N–H and O–H groups in total. The molecule has 0 saturated heterocycles. The maximum Gasteiger partial charge on any atom is 0.270 e. The first-order chi connectivity index (χ1) is 11.1. The van der Waals surface area contributed by atoms with Crippen molar-refractivity contribution in [3.05, 3.63) is 48.3 Å². The molecule has 6 nitrogen and oxygen atoms in total. The van der Waals surface area contributed by atoms with Gasteiger partial charge in [-0.3, -0.25) is 9.59 Å². The van der Waals surface area contributed by atoms with Gasteiger partial charge in [0.05, 0.1) is 13.2 Å². The summed E-state index contributed by atoms with van der Waals surface area (Å²) in [4.78, 5) is 26.3. The van der Waals surface area contributed by atoms with E-state index in [1.54, 1.807) is 37.4 Å². The third kappa shape index (κ3) is 2.92. The largest absolute Gasteiger partial charge is 0.494 e. The molecule has 3 rings (SSSR count). The van der Waals surface area contributed by atoms with E-state index in [2.05, 4.69) is 5.32 Å². The monoisotopic (exact) mass is 313 g/mol. The van der Waals surface area contributed by atoms with E-state index < -0.39 is 6.04 Å². The van der Waals surface area contributed by atoms with Crippen LogP contribution in [0, 0.1) is 0 Å². The molecule has 1 aromatic heterocycles. The van der Waals surface area contributed by atoms with Gasteiger partial charge in [0.2, 0.25) is 5.91 Å². The van der Waals surface area contributed by atoms with Crippen LogP contribution in [0.5, 0.6) is 5.75 Å². The van der Waals surface area contributed by atoms with Crippen LogP contribution in [0.2, 0.25) is 0 Å². The molecular weight excluding hydrogens is 294 g/mol. The summed E-state index contributed by atoms with van der Waals surface area (Å²) in [5, 5.41) is 2.85. The van der Waals surface area contributed by atoms with Crippen LogP contribution in [0.4, 0.5) is 5.69 Å². The predicted octanol–water partition coefficient (Wildman–Crippen LogP) is 1.98. The number of amides is 2. The lowest BCUT2D eigenvalue weighted by atomic mass is 10.1. The first-order valence-corrected chi connectivity index (χ1v) is 7.56. The Morgan fingerprint density at radius 3 is 2.74 bits per heavy atom. The zero-order chi connectivity index (χ0) is 16.4. The van der Waals surface area contributed by atoms with Gasteiger partial charge in [-0.1, -0.05) is 0 Å². The van der Waals surface area contributed by atoms with Gasteiger partial charge in [0.25, 0.3) is 5.91 Å². The van der Waals surface area contributed by atoms with E-state index in [-0.39, 0.29) is 11.8 Å². The lowest BCUT2D eigenvalue weighted by Gasteiger charge is -2.32. The Kier molecular flexibility index (Phi) is 4.06. The molecule has 0 spiro atoms. The fourth-order valence-corrected chi connectivity index (χ4v) is 2.68. The fraction of sp³-hybridized carbons (Fsp3) is 0.294. The molecule has 6 heteroatoms. The summed E-state index contributed by atoms with van der Waals surface area (Å²) < 4.78 is 7.18. The third-order valence-electron chi connectivity index (χ3n) is 3.94. The van der Waals surface area contributed by atoms with Crippen molar-refractivity contribution >= 4 is 17.5 Å². The summed E-state index contributed by atoms with van der Waals surface area (Å²) in [6.07, 6.45) is 1.82. The minimum Gasteiger partial charge on any atom is -0.494 e. The third-order valence-corrected chi connectivity index (χ3v) is 3.94. The van der Waals surface area contributed by atoms with Crippen LogP contribution in [0.1, 0.15) is 17.4 Å². The number of fused-ring (bicyclic) bond motifs is 1. The van der Waals surface area contributed by atoms with Crippen LogP contribution in [0.3, 0.4) is 0 Å².